The molecular weight excluding hydrogens is 323 g/mol. The zero-order valence-corrected chi connectivity index (χ0v) is 11.3. The third kappa shape index (κ3) is 1.79. The Balaban J connectivity index is 2.52. The number of carbonyl (C=O) groups is 2. The molecule has 0 atom stereocenters. The van der Waals surface area contributed by atoms with E-state index in [0.717, 1.165) is 0 Å². The van der Waals surface area contributed by atoms with Crippen LogP contribution in [0.1, 0.15) is 13.8 Å². The second kappa shape index (κ2) is 3.48. The zero-order chi connectivity index (χ0) is 12.6. The molecule has 8 nitrogen and oxygen atoms in total. The Labute approximate surface area is 99.3 Å². The van der Waals surface area contributed by atoms with Crippen molar-refractivity contribution in [2.24, 2.45) is 0 Å². The van der Waals surface area contributed by atoms with Gasteiger partial charge < -0.3 is 0 Å². The van der Waals surface area contributed by atoms with Crippen molar-refractivity contribution in [3.05, 3.63) is 0 Å². The van der Waals surface area contributed by atoms with E-state index in [1.165, 1.54) is 13.8 Å². The van der Waals surface area contributed by atoms with Crippen LogP contribution in [-0.4, -0.2) is 38.1 Å². The Morgan fingerprint density at radius 3 is 1.35 bits per heavy atom. The molecule has 0 aliphatic carbocycles. The molecule has 1 spiro atoms. The van der Waals surface area contributed by atoms with Crippen molar-refractivity contribution >= 4 is 11.9 Å². The van der Waals surface area contributed by atoms with E-state index in [-0.39, 0.29) is 0 Å². The Morgan fingerprint density at radius 1 is 0.824 bits per heavy atom. The van der Waals surface area contributed by atoms with Gasteiger partial charge in [-0.05, 0) is 0 Å². The van der Waals surface area contributed by atoms with Crippen LogP contribution >= 0.6 is 0 Å². The van der Waals surface area contributed by atoms with Crippen LogP contribution in [0, 0.1) is 0 Å². The average Bonchev–Trinajstić information content (AvgIpc) is 2.71. The van der Waals surface area contributed by atoms with Crippen molar-refractivity contribution in [3.8, 4) is 0 Å². The molecule has 2 heterocycles. The van der Waals surface area contributed by atoms with Crippen LogP contribution in [0.3, 0.4) is 0 Å². The van der Waals surface area contributed by atoms with Gasteiger partial charge in [0, 0.05) is 0 Å². The standard InChI is InChI=1S/2C2H6N2.2C2H4O2.Pd/c2*3-1-2-4;2*1-2(3)4;/h2*3-4H,1-2H2;2*1H3,(H,3,4);/q2*-2;;;+6/p-2. The second-order valence-electron chi connectivity index (χ2n) is 3.60. The Hall–Kier alpha value is -0.558. The maximum atomic E-state index is 11.4. The third-order valence-electron chi connectivity index (χ3n) is 2.09. The molecule has 0 unspecified atom stereocenters. The van der Waals surface area contributed by atoms with Crippen molar-refractivity contribution in [2.45, 2.75) is 13.8 Å². The van der Waals surface area contributed by atoms with Gasteiger partial charge in [-0.15, -0.1) is 0 Å². The van der Waals surface area contributed by atoms with Crippen molar-refractivity contribution in [3.63, 3.8) is 0 Å². The van der Waals surface area contributed by atoms with E-state index in [4.69, 9.17) is 6.92 Å². The molecule has 0 amide bonds. The summed E-state index contributed by atoms with van der Waals surface area (Å²) in [5, 5.41) is 0. The molecule has 0 aromatic rings. The van der Waals surface area contributed by atoms with Crippen LogP contribution in [0.4, 0.5) is 0 Å². The first kappa shape index (κ1) is 12.9. The topological polar surface area (TPSA) is 101 Å². The van der Waals surface area contributed by atoms with Gasteiger partial charge in [-0.2, -0.15) is 0 Å². The molecule has 0 aromatic heterocycles. The number of carbonyl (C=O) groups excluding carboxylic acids is 2. The number of nitrogens with one attached hydrogen (secondary N) is 4. The fraction of sp³-hybridized carbons (Fsp3) is 0.750. The summed E-state index contributed by atoms with van der Waals surface area (Å²) >= 11 is -4.93. The van der Waals surface area contributed by atoms with Gasteiger partial charge in [0.15, 0.2) is 0 Å². The number of hydrogen-bond donors (Lipinski definition) is 4. The summed E-state index contributed by atoms with van der Waals surface area (Å²) < 4.78 is 23.2. The van der Waals surface area contributed by atoms with E-state index in [1.807, 2.05) is 0 Å². The van der Waals surface area contributed by atoms with Crippen LogP contribution in [0.25, 0.3) is 0 Å². The molecule has 2 saturated heterocycles. The normalized spacial score (nSPS) is 31.9. The molecule has 0 saturated carbocycles. The Kier molecular flexibility index (Phi) is 2.63. The van der Waals surface area contributed by atoms with Gasteiger partial charge in [0.05, 0.1) is 0 Å². The van der Waals surface area contributed by atoms with Crippen LogP contribution in [0.2, 0.25) is 0 Å². The molecule has 0 aromatic carbocycles. The molecular formula is C8H18N4O4Pd. The van der Waals surface area contributed by atoms with Gasteiger partial charge in [0.1, 0.15) is 0 Å². The van der Waals surface area contributed by atoms with E-state index in [0.29, 0.717) is 26.2 Å². The van der Waals surface area contributed by atoms with E-state index < -0.39 is 26.8 Å². The molecule has 2 aliphatic heterocycles. The Morgan fingerprint density at radius 2 is 1.12 bits per heavy atom. The van der Waals surface area contributed by atoms with Crippen molar-refractivity contribution in [1.29, 1.82) is 0 Å². The molecule has 104 valence electrons. The minimum absolute atomic E-state index is 0.525. The fourth-order valence-corrected chi connectivity index (χ4v) is 10.4. The van der Waals surface area contributed by atoms with Gasteiger partial charge in [-0.3, -0.25) is 0 Å². The molecule has 2 aliphatic rings. The quantitative estimate of drug-likeness (QED) is 0.438. The predicted molar refractivity (Wildman–Crippen MR) is 55.5 cm³/mol. The Bertz CT molecular complexity index is 337. The molecule has 4 N–H and O–H groups in total. The summed E-state index contributed by atoms with van der Waals surface area (Å²) in [5.74, 6) is -1.05. The maximum absolute atomic E-state index is 11.4. The summed E-state index contributed by atoms with van der Waals surface area (Å²) in [6.07, 6.45) is 0. The third-order valence-corrected chi connectivity index (χ3v) is 11.2. The number of hydrogen-bond acceptors (Lipinski definition) is 8. The first-order valence-corrected chi connectivity index (χ1v) is 9.50. The monoisotopic (exact) mass is 340 g/mol. The van der Waals surface area contributed by atoms with E-state index >= 15 is 0 Å². The molecule has 2 fully saturated rings. The summed E-state index contributed by atoms with van der Waals surface area (Å²) in [4.78, 5) is 22.8. The van der Waals surface area contributed by atoms with Gasteiger partial charge in [-0.1, -0.05) is 0 Å². The van der Waals surface area contributed by atoms with Crippen LogP contribution in [0.15, 0.2) is 0 Å². The molecule has 0 bridgehead atoms. The van der Waals surface area contributed by atoms with Crippen molar-refractivity contribution in [1.82, 2.24) is 15.8 Å². The van der Waals surface area contributed by atoms with E-state index in [1.54, 1.807) is 0 Å². The van der Waals surface area contributed by atoms with Gasteiger partial charge >= 0.3 is 99.1 Å². The second-order valence-corrected chi connectivity index (χ2v) is 11.6. The summed E-state index contributed by atoms with van der Waals surface area (Å²) in [6.45, 7) is 4.71. The zero-order valence-electron chi connectivity index (χ0n) is 9.78. The van der Waals surface area contributed by atoms with Gasteiger partial charge in [0.25, 0.3) is 0 Å². The van der Waals surface area contributed by atoms with Crippen LogP contribution in [-0.2, 0) is 31.3 Å². The van der Waals surface area contributed by atoms with E-state index in [2.05, 4.69) is 15.8 Å². The first-order chi connectivity index (χ1) is 7.86. The summed E-state index contributed by atoms with van der Waals surface area (Å²) in [6, 6.07) is 0. The molecule has 9 heteroatoms. The fourth-order valence-electron chi connectivity index (χ4n) is 1.76. The van der Waals surface area contributed by atoms with Crippen molar-refractivity contribution in [2.75, 3.05) is 26.2 Å². The summed E-state index contributed by atoms with van der Waals surface area (Å²) in [5.41, 5.74) is 0. The molecule has 17 heavy (non-hydrogen) atoms. The molecule has 2 rings (SSSR count). The number of rotatable bonds is 2. The SMILES string of the molecule is CC(=O)[O][Pd]12([O]C(C)=O)([NH]CC[NH]1)[NH]CC[NH]2. The summed E-state index contributed by atoms with van der Waals surface area (Å²) in [7, 11) is 0. The first-order valence-electron chi connectivity index (χ1n) is 5.12. The van der Waals surface area contributed by atoms with Crippen LogP contribution < -0.4 is 15.8 Å². The van der Waals surface area contributed by atoms with E-state index in [9.17, 15) is 9.59 Å². The predicted octanol–water partition coefficient (Wildman–Crippen LogP) is -1.79. The van der Waals surface area contributed by atoms with Crippen LogP contribution in [0.5, 0.6) is 0 Å². The van der Waals surface area contributed by atoms with Gasteiger partial charge in [-0.25, -0.2) is 0 Å². The minimum atomic E-state index is -4.93. The average molecular weight is 341 g/mol. The molecule has 0 radical (unpaired) electrons. The van der Waals surface area contributed by atoms with Gasteiger partial charge in [0.2, 0.25) is 0 Å². The van der Waals surface area contributed by atoms with Crippen molar-refractivity contribution < 1.29 is 31.3 Å².